The molecule has 4 aliphatic carbocycles. The molecule has 0 spiro atoms. The third-order valence-electron chi connectivity index (χ3n) is 7.82. The summed E-state index contributed by atoms with van der Waals surface area (Å²) in [6.45, 7) is 4.55. The molecule has 4 aliphatic rings. The molecule has 0 bridgehead atoms. The van der Waals surface area contributed by atoms with E-state index in [9.17, 15) is 10.2 Å². The predicted molar refractivity (Wildman–Crippen MR) is 87.4 cm³/mol. The van der Waals surface area contributed by atoms with Crippen molar-refractivity contribution in [2.75, 3.05) is 0 Å². The van der Waals surface area contributed by atoms with Crippen molar-refractivity contribution in [1.82, 2.24) is 0 Å². The third-order valence-corrected chi connectivity index (χ3v) is 7.82. The average Bonchev–Trinajstić information content (AvgIpc) is 2.80. The van der Waals surface area contributed by atoms with Gasteiger partial charge in [0.2, 0.25) is 0 Å². The summed E-state index contributed by atoms with van der Waals surface area (Å²) in [5, 5.41) is 20.9. The molecule has 0 saturated heterocycles. The fraction of sp³-hybridized carbons (Fsp3) is 0.789. The van der Waals surface area contributed by atoms with E-state index in [2.05, 4.69) is 13.8 Å². The van der Waals surface area contributed by atoms with E-state index in [0.717, 1.165) is 38.5 Å². The summed E-state index contributed by atoms with van der Waals surface area (Å²) in [7, 11) is 0. The summed E-state index contributed by atoms with van der Waals surface area (Å²) in [5.41, 5.74) is 9.55. The maximum atomic E-state index is 10.7. The van der Waals surface area contributed by atoms with Crippen molar-refractivity contribution in [1.29, 1.82) is 0 Å². The Kier molecular flexibility index (Phi) is 3.01. The van der Waals surface area contributed by atoms with Crippen LogP contribution >= 0.6 is 0 Å². The van der Waals surface area contributed by atoms with Gasteiger partial charge < -0.3 is 15.9 Å². The topological polar surface area (TPSA) is 66.5 Å². The van der Waals surface area contributed by atoms with Gasteiger partial charge in [0.05, 0.1) is 0 Å². The first-order valence-electron chi connectivity index (χ1n) is 8.98. The van der Waals surface area contributed by atoms with E-state index >= 15 is 0 Å². The van der Waals surface area contributed by atoms with E-state index in [1.165, 1.54) is 6.42 Å². The molecular weight excluding hydrogens is 274 g/mol. The summed E-state index contributed by atoms with van der Waals surface area (Å²) >= 11 is 0. The first-order valence-corrected chi connectivity index (χ1v) is 8.98. The van der Waals surface area contributed by atoms with Crippen LogP contribution in [0.1, 0.15) is 65.2 Å². The highest BCUT2D eigenvalue weighted by molar-refractivity contribution is 5.38. The molecule has 22 heavy (non-hydrogen) atoms. The number of nitrogens with two attached hydrogens (primary N) is 1. The third kappa shape index (κ3) is 1.61. The number of aliphatic hydroxyl groups is 2. The highest BCUT2D eigenvalue weighted by Crippen LogP contribution is 2.63. The second-order valence-corrected chi connectivity index (χ2v) is 8.51. The van der Waals surface area contributed by atoms with Gasteiger partial charge in [-0.1, -0.05) is 25.0 Å². The number of hydrogen-bond acceptors (Lipinski definition) is 3. The van der Waals surface area contributed by atoms with Crippen LogP contribution in [0.15, 0.2) is 22.7 Å². The largest absolute Gasteiger partial charge is 0.509 e. The Morgan fingerprint density at radius 2 is 1.73 bits per heavy atom. The molecule has 0 aromatic rings. The van der Waals surface area contributed by atoms with Gasteiger partial charge in [-0.2, -0.15) is 0 Å². The van der Waals surface area contributed by atoms with Gasteiger partial charge in [-0.25, -0.2) is 0 Å². The Balaban J connectivity index is 1.83. The van der Waals surface area contributed by atoms with Gasteiger partial charge in [0.15, 0.2) is 0 Å². The molecule has 0 aromatic heterocycles. The van der Waals surface area contributed by atoms with E-state index in [0.29, 0.717) is 24.3 Å². The van der Waals surface area contributed by atoms with Crippen LogP contribution in [0.25, 0.3) is 0 Å². The molecule has 3 nitrogen and oxygen atoms in total. The zero-order valence-corrected chi connectivity index (χ0v) is 13.9. The Bertz CT molecular complexity index is 578. The van der Waals surface area contributed by atoms with Crippen LogP contribution in [0.3, 0.4) is 0 Å². The molecule has 0 amide bonds. The molecule has 0 unspecified atom stereocenters. The predicted octanol–water partition coefficient (Wildman–Crippen LogP) is 4.36. The van der Waals surface area contributed by atoms with Gasteiger partial charge in [-0.05, 0) is 56.8 Å². The zero-order chi connectivity index (χ0) is 15.7. The summed E-state index contributed by atoms with van der Waals surface area (Å²) in [6, 6.07) is 0.297. The normalized spacial score (nSPS) is 48.0. The second-order valence-electron chi connectivity index (χ2n) is 8.51. The molecular formula is C19H29NO2. The van der Waals surface area contributed by atoms with Crippen molar-refractivity contribution in [3.05, 3.63) is 22.7 Å². The van der Waals surface area contributed by atoms with Gasteiger partial charge in [-0.15, -0.1) is 0 Å². The minimum Gasteiger partial charge on any atom is -0.509 e. The maximum absolute atomic E-state index is 10.7. The molecule has 3 heteroatoms. The Morgan fingerprint density at radius 1 is 1.00 bits per heavy atom. The van der Waals surface area contributed by atoms with Crippen molar-refractivity contribution in [3.63, 3.8) is 0 Å². The Labute approximate surface area is 133 Å². The van der Waals surface area contributed by atoms with E-state index in [1.807, 2.05) is 0 Å². The van der Waals surface area contributed by atoms with Crippen molar-refractivity contribution in [3.8, 4) is 0 Å². The van der Waals surface area contributed by atoms with Gasteiger partial charge >= 0.3 is 0 Å². The summed E-state index contributed by atoms with van der Waals surface area (Å²) < 4.78 is 0. The first-order chi connectivity index (χ1) is 10.4. The Morgan fingerprint density at radius 3 is 2.50 bits per heavy atom. The highest BCUT2D eigenvalue weighted by Gasteiger charge is 2.56. The van der Waals surface area contributed by atoms with Crippen molar-refractivity contribution in [2.24, 2.45) is 28.4 Å². The number of rotatable bonds is 0. The van der Waals surface area contributed by atoms with Crippen LogP contribution in [0.2, 0.25) is 0 Å². The quantitative estimate of drug-likeness (QED) is 0.583. The first kappa shape index (κ1) is 14.6. The van der Waals surface area contributed by atoms with Gasteiger partial charge in [0.1, 0.15) is 11.5 Å². The molecule has 2 fully saturated rings. The van der Waals surface area contributed by atoms with Crippen LogP contribution in [0.4, 0.5) is 0 Å². The van der Waals surface area contributed by atoms with Crippen LogP contribution in [0.5, 0.6) is 0 Å². The molecule has 0 aromatic carbocycles. The molecule has 4 N–H and O–H groups in total. The van der Waals surface area contributed by atoms with E-state index in [1.54, 1.807) is 11.1 Å². The number of aliphatic hydroxyl groups excluding tert-OH is 2. The van der Waals surface area contributed by atoms with Crippen LogP contribution in [-0.4, -0.2) is 16.3 Å². The van der Waals surface area contributed by atoms with Crippen LogP contribution in [-0.2, 0) is 0 Å². The monoisotopic (exact) mass is 303 g/mol. The highest BCUT2D eigenvalue weighted by atomic mass is 16.3. The SMILES string of the molecule is C[C@]12C(O)=C(O)CC[C@H]1CCC1=C3CC[C@H](N)[C@@]3(C)CC[C@@H]12. The molecule has 2 saturated carbocycles. The standard InChI is InChI=1S/C19H29NO2/c1-18-10-9-14-12(13(18)6-8-16(18)20)5-3-11-4-7-15(21)17(22)19(11,14)2/h11,14,16,21-22H,3-10,20H2,1-2H3/t11-,14+,16+,18+,19+/m1/s1. The molecule has 5 atom stereocenters. The number of fused-ring (bicyclic) bond motifs is 4. The molecule has 0 aliphatic heterocycles. The van der Waals surface area contributed by atoms with Crippen LogP contribution < -0.4 is 5.73 Å². The maximum Gasteiger partial charge on any atom is 0.136 e. The van der Waals surface area contributed by atoms with E-state index in [-0.39, 0.29) is 22.3 Å². The lowest BCUT2D eigenvalue weighted by Gasteiger charge is -2.54. The van der Waals surface area contributed by atoms with Gasteiger partial charge in [0.25, 0.3) is 0 Å². The van der Waals surface area contributed by atoms with E-state index < -0.39 is 0 Å². The summed E-state index contributed by atoms with van der Waals surface area (Å²) in [6.07, 6.45) is 8.47. The number of allylic oxidation sites excluding steroid dienone is 3. The Hall–Kier alpha value is -0.960. The molecule has 0 radical (unpaired) electrons. The lowest BCUT2D eigenvalue weighted by Crippen LogP contribution is -2.48. The smallest absolute Gasteiger partial charge is 0.136 e. The van der Waals surface area contributed by atoms with E-state index in [4.69, 9.17) is 5.73 Å². The fourth-order valence-corrected chi connectivity index (χ4v) is 6.26. The van der Waals surface area contributed by atoms with Gasteiger partial charge in [0, 0.05) is 23.3 Å². The second kappa shape index (κ2) is 4.53. The van der Waals surface area contributed by atoms with Crippen molar-refractivity contribution >= 4 is 0 Å². The lowest BCUT2D eigenvalue weighted by atomic mass is 9.50. The molecule has 4 rings (SSSR count). The van der Waals surface area contributed by atoms with Crippen LogP contribution in [0, 0.1) is 22.7 Å². The zero-order valence-electron chi connectivity index (χ0n) is 13.9. The summed E-state index contributed by atoms with van der Waals surface area (Å²) in [5.74, 6) is 1.44. The van der Waals surface area contributed by atoms with Crippen molar-refractivity contribution in [2.45, 2.75) is 71.3 Å². The minimum atomic E-state index is -0.253. The molecule has 122 valence electrons. The summed E-state index contributed by atoms with van der Waals surface area (Å²) in [4.78, 5) is 0. The molecule has 0 heterocycles. The fourth-order valence-electron chi connectivity index (χ4n) is 6.26. The number of hydrogen-bond donors (Lipinski definition) is 3. The minimum absolute atomic E-state index is 0.186. The van der Waals surface area contributed by atoms with Crippen molar-refractivity contribution < 1.29 is 10.2 Å². The lowest BCUT2D eigenvalue weighted by molar-refractivity contribution is 0.0174. The van der Waals surface area contributed by atoms with Gasteiger partial charge in [-0.3, -0.25) is 0 Å². The average molecular weight is 303 g/mol.